The molecule has 6 heterocycles. The van der Waals surface area contributed by atoms with Gasteiger partial charge in [0.2, 0.25) is 17.1 Å². The molecule has 2 aromatic carbocycles. The van der Waals surface area contributed by atoms with Crippen molar-refractivity contribution in [3.05, 3.63) is 80.2 Å². The van der Waals surface area contributed by atoms with Crippen LogP contribution < -0.4 is 10.6 Å². The van der Waals surface area contributed by atoms with Crippen LogP contribution in [0.2, 0.25) is 0 Å². The summed E-state index contributed by atoms with van der Waals surface area (Å²) < 4.78 is 53.0. The van der Waals surface area contributed by atoms with E-state index in [1.165, 1.54) is 87.6 Å². The van der Waals surface area contributed by atoms with Gasteiger partial charge in [-0.1, -0.05) is 12.1 Å². The van der Waals surface area contributed by atoms with Crippen LogP contribution in [0.15, 0.2) is 44.6 Å². The zero-order chi connectivity index (χ0) is 47.0. The van der Waals surface area contributed by atoms with Gasteiger partial charge in [-0.2, -0.15) is 20.2 Å². The third-order valence-corrected chi connectivity index (χ3v) is 16.8. The molecular weight excluding hydrogens is 905 g/mol. The van der Waals surface area contributed by atoms with E-state index in [4.69, 9.17) is 29.0 Å². The zero-order valence-electron chi connectivity index (χ0n) is 39.6. The quantitative estimate of drug-likeness (QED) is 0.0841. The van der Waals surface area contributed by atoms with Gasteiger partial charge in [0.05, 0.1) is 37.8 Å². The van der Waals surface area contributed by atoms with E-state index >= 15 is 0 Å². The molecular formula is C48H60N12O6S2. The number of aromatic nitrogens is 10. The molecule has 0 spiro atoms. The Labute approximate surface area is 400 Å². The Morgan fingerprint density at radius 1 is 0.647 bits per heavy atom. The topological polar surface area (TPSA) is 214 Å². The maximum atomic E-state index is 13.5. The van der Waals surface area contributed by atoms with Crippen LogP contribution in [0, 0.1) is 0 Å². The van der Waals surface area contributed by atoms with Gasteiger partial charge in [-0.25, -0.2) is 18.6 Å². The average Bonchev–Trinajstić information content (AvgIpc) is 4.14. The lowest BCUT2D eigenvalue weighted by Crippen LogP contribution is -2.49. The number of nitrogens with one attached hydrogen (secondary N) is 4. The summed E-state index contributed by atoms with van der Waals surface area (Å²) in [6.45, 7) is 9.94. The van der Waals surface area contributed by atoms with Crippen molar-refractivity contribution in [2.24, 2.45) is 0 Å². The first-order chi connectivity index (χ1) is 32.9. The summed E-state index contributed by atoms with van der Waals surface area (Å²) in [6, 6.07) is 8.60. The van der Waals surface area contributed by atoms with Crippen molar-refractivity contribution in [1.82, 2.24) is 49.9 Å². The maximum absolute atomic E-state index is 13.5. The fourth-order valence-corrected chi connectivity index (χ4v) is 12.6. The number of methoxy groups -OCH3 is 2. The van der Waals surface area contributed by atoms with E-state index in [1.807, 2.05) is 18.5 Å². The Bertz CT molecular complexity index is 2920. The number of hydrogen-bond acceptors (Lipinski definition) is 15. The normalized spacial score (nSPS) is 18.5. The van der Waals surface area contributed by atoms with Crippen molar-refractivity contribution in [1.29, 1.82) is 0 Å². The molecule has 18 nitrogen and oxygen atoms in total. The van der Waals surface area contributed by atoms with E-state index in [9.17, 15) is 8.42 Å². The molecule has 0 saturated carbocycles. The second-order valence-corrected chi connectivity index (χ2v) is 22.2. The first-order valence-electron chi connectivity index (χ1n) is 24.0. The van der Waals surface area contributed by atoms with Crippen LogP contribution in [0.1, 0.15) is 121 Å². The lowest BCUT2D eigenvalue weighted by atomic mass is 9.97. The lowest BCUT2D eigenvalue weighted by molar-refractivity contribution is -0.206. The Balaban J connectivity index is 0.000000149. The van der Waals surface area contributed by atoms with Crippen LogP contribution in [-0.4, -0.2) is 99.0 Å². The standard InChI is InChI=1S/C24H30N6O4S.C24H30N6O2S/c1-14(2)30-19(24(33-3)12-34-13-24)11-20(29-30)35(31,32)23-26-22(27-28-23)25-21-17-8-4-6-15(17)10-16-7-5-9-18(16)21;1-14(2)30-19(24(31-3)12-32-13-24)11-20(29-30)33-23-26-22(27-28-23)25-21-17-8-4-6-15(17)10-16-7-5-9-18(16)21/h10-11,14H,4-9,12-13H2,1-3H3,(H2,25,26,27,28);10-11,14H,4-9,12-13H2,1-3H3,(H2,25,26,27,28). The summed E-state index contributed by atoms with van der Waals surface area (Å²) in [5.74, 6) is 0.943. The van der Waals surface area contributed by atoms with E-state index < -0.39 is 21.0 Å². The summed E-state index contributed by atoms with van der Waals surface area (Å²) in [7, 11) is -0.688. The molecule has 6 aromatic rings. The SMILES string of the molecule is COC1(c2cc(S(=O)(=O)c3nc(Nc4c5c(cc6c4CCC6)CCC5)n[nH]3)nn2C(C)C)COC1.COC1(c2cc(Sc3n[nH]c(Nc4c5c(cc6c4CCC6)CCC5)n3)nn2C(C)C)COC1. The van der Waals surface area contributed by atoms with Gasteiger partial charge in [-0.15, -0.1) is 10.2 Å². The molecule has 68 heavy (non-hydrogen) atoms. The summed E-state index contributed by atoms with van der Waals surface area (Å²) in [5, 5.41) is 31.7. The highest BCUT2D eigenvalue weighted by Gasteiger charge is 2.46. The van der Waals surface area contributed by atoms with Gasteiger partial charge in [-0.3, -0.25) is 9.36 Å². The van der Waals surface area contributed by atoms with Gasteiger partial charge in [0.25, 0.3) is 15.0 Å². The third-order valence-electron chi connectivity index (χ3n) is 14.5. The number of sulfone groups is 1. The van der Waals surface area contributed by atoms with E-state index in [0.29, 0.717) is 43.2 Å². The van der Waals surface area contributed by atoms with E-state index in [-0.39, 0.29) is 28.2 Å². The fraction of sp³-hybridized carbons (Fsp3) is 0.542. The molecule has 2 saturated heterocycles. The number of aromatic amines is 2. The second kappa shape index (κ2) is 17.7. The number of H-pyrrole nitrogens is 2. The molecule has 2 fully saturated rings. The number of aryl methyl sites for hydroxylation is 4. The first kappa shape index (κ1) is 45.3. The van der Waals surface area contributed by atoms with Crippen LogP contribution in [0.5, 0.6) is 0 Å². The number of benzene rings is 2. The van der Waals surface area contributed by atoms with Gasteiger partial charge in [-0.05, 0) is 167 Å². The highest BCUT2D eigenvalue weighted by molar-refractivity contribution is 7.99. The highest BCUT2D eigenvalue weighted by atomic mass is 32.2. The van der Waals surface area contributed by atoms with Crippen LogP contribution in [-0.2, 0) is 91.4 Å². The summed E-state index contributed by atoms with van der Waals surface area (Å²) in [5.41, 5.74) is 14.3. The van der Waals surface area contributed by atoms with Crippen molar-refractivity contribution in [3.63, 3.8) is 0 Å². The Morgan fingerprint density at radius 2 is 1.15 bits per heavy atom. The summed E-state index contributed by atoms with van der Waals surface area (Å²) >= 11 is 1.46. The number of ether oxygens (including phenoxy) is 4. The molecule has 0 radical (unpaired) electrons. The van der Waals surface area contributed by atoms with Gasteiger partial charge in [0.1, 0.15) is 5.03 Å². The molecule has 0 unspecified atom stereocenters. The van der Waals surface area contributed by atoms with Crippen LogP contribution in [0.25, 0.3) is 0 Å². The van der Waals surface area contributed by atoms with Crippen LogP contribution in [0.3, 0.4) is 0 Å². The molecule has 360 valence electrons. The molecule has 2 aliphatic heterocycles. The largest absolute Gasteiger partial charge is 0.374 e. The van der Waals surface area contributed by atoms with Crippen molar-refractivity contribution in [3.8, 4) is 0 Å². The number of fused-ring (bicyclic) bond motifs is 4. The monoisotopic (exact) mass is 964 g/mol. The predicted molar refractivity (Wildman–Crippen MR) is 254 cm³/mol. The van der Waals surface area contributed by atoms with Gasteiger partial charge in [0.15, 0.2) is 16.2 Å². The minimum absolute atomic E-state index is 0.0594. The molecule has 20 heteroatoms. The van der Waals surface area contributed by atoms with E-state index in [2.05, 4.69) is 73.2 Å². The smallest absolute Gasteiger partial charge is 0.260 e. The average molecular weight is 965 g/mol. The Hall–Kier alpha value is -5.12. The molecule has 0 atom stereocenters. The molecule has 4 N–H and O–H groups in total. The Kier molecular flexibility index (Phi) is 11.8. The maximum Gasteiger partial charge on any atom is 0.260 e. The van der Waals surface area contributed by atoms with Crippen LogP contribution >= 0.6 is 11.8 Å². The van der Waals surface area contributed by atoms with E-state index in [1.54, 1.807) is 25.0 Å². The molecule has 0 amide bonds. The number of rotatable bonds is 14. The van der Waals surface area contributed by atoms with Gasteiger partial charge >= 0.3 is 0 Å². The van der Waals surface area contributed by atoms with Gasteiger partial charge < -0.3 is 29.6 Å². The summed E-state index contributed by atoms with van der Waals surface area (Å²) in [6.07, 6.45) is 13.6. The number of anilines is 4. The molecule has 4 aromatic heterocycles. The molecule has 12 rings (SSSR count). The predicted octanol–water partition coefficient (Wildman–Crippen LogP) is 7.33. The van der Waals surface area contributed by atoms with Crippen LogP contribution in [0.4, 0.5) is 23.3 Å². The Morgan fingerprint density at radius 3 is 1.63 bits per heavy atom. The zero-order valence-corrected chi connectivity index (χ0v) is 41.3. The molecule has 4 aliphatic carbocycles. The molecule has 6 aliphatic rings. The van der Waals surface area contributed by atoms with E-state index in [0.717, 1.165) is 67.8 Å². The van der Waals surface area contributed by atoms with Crippen molar-refractivity contribution in [2.45, 2.75) is 148 Å². The first-order valence-corrected chi connectivity index (χ1v) is 26.3. The highest BCUT2D eigenvalue weighted by Crippen LogP contribution is 2.43. The van der Waals surface area contributed by atoms with Gasteiger partial charge in [0, 0.05) is 43.7 Å². The lowest BCUT2D eigenvalue weighted by Gasteiger charge is -2.40. The number of nitrogens with zero attached hydrogens (tertiary/aromatic N) is 8. The van der Waals surface area contributed by atoms with Crippen molar-refractivity contribution >= 4 is 44.9 Å². The summed E-state index contributed by atoms with van der Waals surface area (Å²) in [4.78, 5) is 9.07. The van der Waals surface area contributed by atoms with Crippen molar-refractivity contribution in [2.75, 3.05) is 51.3 Å². The minimum atomic E-state index is -4.02. The second-order valence-electron chi connectivity index (χ2n) is 19.4. The minimum Gasteiger partial charge on any atom is -0.374 e. The third kappa shape index (κ3) is 7.84. The number of hydrogen-bond donors (Lipinski definition) is 4. The van der Waals surface area contributed by atoms with Crippen molar-refractivity contribution < 1.29 is 27.4 Å². The fourth-order valence-electron chi connectivity index (χ4n) is 10.8. The molecule has 0 bridgehead atoms.